The first-order valence-corrected chi connectivity index (χ1v) is 8.21. The summed E-state index contributed by atoms with van der Waals surface area (Å²) in [5.74, 6) is -0.118. The average molecular weight is 348 g/mol. The highest BCUT2D eigenvalue weighted by molar-refractivity contribution is 6.05. The van der Waals surface area contributed by atoms with E-state index in [4.69, 9.17) is 5.73 Å². The number of carbonyl (C=O) groups is 2. The lowest BCUT2D eigenvalue weighted by molar-refractivity contribution is 0.0995. The quantitative estimate of drug-likeness (QED) is 0.732. The van der Waals surface area contributed by atoms with Crippen molar-refractivity contribution < 1.29 is 9.59 Å². The summed E-state index contributed by atoms with van der Waals surface area (Å²) in [5, 5.41) is 14.7. The summed E-state index contributed by atoms with van der Waals surface area (Å²) < 4.78 is 1.82. The SMILES string of the molecule is NC(=O)c1ccc(C(=O)Nc2cccc(-c3nnnn3C3CC3)c2)cc1. The van der Waals surface area contributed by atoms with Gasteiger partial charge in [-0.2, -0.15) is 0 Å². The van der Waals surface area contributed by atoms with Crippen molar-refractivity contribution in [3.63, 3.8) is 0 Å². The molecule has 130 valence electrons. The van der Waals surface area contributed by atoms with Gasteiger partial charge in [-0.25, -0.2) is 4.68 Å². The molecule has 0 aliphatic heterocycles. The number of hydrogen-bond donors (Lipinski definition) is 2. The first-order valence-electron chi connectivity index (χ1n) is 8.21. The van der Waals surface area contributed by atoms with Gasteiger partial charge in [-0.05, 0) is 59.7 Å². The second kappa shape index (κ2) is 6.40. The molecule has 0 radical (unpaired) electrons. The van der Waals surface area contributed by atoms with E-state index in [1.54, 1.807) is 18.2 Å². The molecule has 1 saturated carbocycles. The van der Waals surface area contributed by atoms with E-state index in [9.17, 15) is 9.59 Å². The molecular weight excluding hydrogens is 332 g/mol. The fourth-order valence-electron chi connectivity index (χ4n) is 2.67. The highest BCUT2D eigenvalue weighted by Crippen LogP contribution is 2.36. The molecule has 8 heteroatoms. The van der Waals surface area contributed by atoms with Gasteiger partial charge in [0.15, 0.2) is 5.82 Å². The third kappa shape index (κ3) is 3.16. The van der Waals surface area contributed by atoms with E-state index in [1.165, 1.54) is 12.1 Å². The Morgan fingerprint density at radius 2 is 1.81 bits per heavy atom. The maximum atomic E-state index is 12.4. The zero-order chi connectivity index (χ0) is 18.1. The number of nitrogens with one attached hydrogen (secondary N) is 1. The minimum Gasteiger partial charge on any atom is -0.366 e. The minimum absolute atomic E-state index is 0.278. The van der Waals surface area contributed by atoms with E-state index < -0.39 is 5.91 Å². The number of amides is 2. The van der Waals surface area contributed by atoms with Crippen molar-refractivity contribution in [2.45, 2.75) is 18.9 Å². The second-order valence-electron chi connectivity index (χ2n) is 6.15. The number of hydrogen-bond acceptors (Lipinski definition) is 5. The summed E-state index contributed by atoms with van der Waals surface area (Å²) in [6.45, 7) is 0. The topological polar surface area (TPSA) is 116 Å². The summed E-state index contributed by atoms with van der Waals surface area (Å²) in [5.41, 5.74) is 7.47. The van der Waals surface area contributed by atoms with Crippen LogP contribution < -0.4 is 11.1 Å². The predicted molar refractivity (Wildman–Crippen MR) is 94.4 cm³/mol. The Kier molecular flexibility index (Phi) is 3.92. The Labute approximate surface area is 149 Å². The summed E-state index contributed by atoms with van der Waals surface area (Å²) in [6, 6.07) is 13.9. The molecule has 0 spiro atoms. The number of carbonyl (C=O) groups excluding carboxylic acids is 2. The Morgan fingerprint density at radius 3 is 2.50 bits per heavy atom. The third-order valence-corrected chi connectivity index (χ3v) is 4.20. The van der Waals surface area contributed by atoms with Gasteiger partial charge in [-0.3, -0.25) is 9.59 Å². The minimum atomic E-state index is -0.530. The summed E-state index contributed by atoms with van der Waals surface area (Å²) >= 11 is 0. The molecule has 1 fully saturated rings. The van der Waals surface area contributed by atoms with Crippen LogP contribution in [0.5, 0.6) is 0 Å². The van der Waals surface area contributed by atoms with Gasteiger partial charge in [0.1, 0.15) is 0 Å². The van der Waals surface area contributed by atoms with E-state index in [0.29, 0.717) is 28.7 Å². The van der Waals surface area contributed by atoms with Crippen molar-refractivity contribution in [2.75, 3.05) is 5.32 Å². The summed E-state index contributed by atoms with van der Waals surface area (Å²) in [7, 11) is 0. The van der Waals surface area contributed by atoms with Gasteiger partial charge < -0.3 is 11.1 Å². The van der Waals surface area contributed by atoms with Crippen molar-refractivity contribution in [1.29, 1.82) is 0 Å². The summed E-state index contributed by atoms with van der Waals surface area (Å²) in [4.78, 5) is 23.5. The molecule has 4 rings (SSSR count). The van der Waals surface area contributed by atoms with Gasteiger partial charge in [0.2, 0.25) is 5.91 Å². The monoisotopic (exact) mass is 348 g/mol. The van der Waals surface area contributed by atoms with Crippen molar-refractivity contribution in [3.8, 4) is 11.4 Å². The Balaban J connectivity index is 1.54. The molecule has 3 aromatic rings. The number of anilines is 1. The van der Waals surface area contributed by atoms with Crippen molar-refractivity contribution >= 4 is 17.5 Å². The molecule has 1 aromatic heterocycles. The number of aromatic nitrogens is 4. The maximum Gasteiger partial charge on any atom is 0.255 e. The normalized spacial score (nSPS) is 13.4. The summed E-state index contributed by atoms with van der Waals surface area (Å²) in [6.07, 6.45) is 2.16. The zero-order valence-corrected chi connectivity index (χ0v) is 13.8. The van der Waals surface area contributed by atoms with Crippen LogP contribution >= 0.6 is 0 Å². The zero-order valence-electron chi connectivity index (χ0n) is 13.8. The first kappa shape index (κ1) is 15.9. The van der Waals surface area contributed by atoms with E-state index in [0.717, 1.165) is 18.4 Å². The van der Waals surface area contributed by atoms with Crippen molar-refractivity contribution in [2.24, 2.45) is 5.73 Å². The van der Waals surface area contributed by atoms with Gasteiger partial charge in [0.25, 0.3) is 5.91 Å². The lowest BCUT2D eigenvalue weighted by Crippen LogP contribution is -2.14. The number of nitrogens with zero attached hydrogens (tertiary/aromatic N) is 4. The second-order valence-corrected chi connectivity index (χ2v) is 6.15. The molecule has 2 amide bonds. The van der Waals surface area contributed by atoms with Gasteiger partial charge in [0.05, 0.1) is 6.04 Å². The Morgan fingerprint density at radius 1 is 1.08 bits per heavy atom. The van der Waals surface area contributed by atoms with Gasteiger partial charge in [-0.15, -0.1) is 5.10 Å². The fourth-order valence-corrected chi connectivity index (χ4v) is 2.67. The number of primary amides is 1. The van der Waals surface area contributed by atoms with Crippen molar-refractivity contribution in [1.82, 2.24) is 20.2 Å². The van der Waals surface area contributed by atoms with Crippen LogP contribution in [0.1, 0.15) is 39.6 Å². The van der Waals surface area contributed by atoms with Crippen molar-refractivity contribution in [3.05, 3.63) is 59.7 Å². The lowest BCUT2D eigenvalue weighted by Gasteiger charge is -2.08. The number of rotatable bonds is 5. The van der Waals surface area contributed by atoms with E-state index >= 15 is 0 Å². The van der Waals surface area contributed by atoms with Gasteiger partial charge in [-0.1, -0.05) is 12.1 Å². The standard InChI is InChI=1S/C18H16N6O2/c19-16(25)11-4-6-12(7-5-11)18(26)20-14-3-1-2-13(10-14)17-21-22-23-24(17)15-8-9-15/h1-7,10,15H,8-9H2,(H2,19,25)(H,20,26). The maximum absolute atomic E-state index is 12.4. The van der Waals surface area contributed by atoms with Gasteiger partial charge >= 0.3 is 0 Å². The smallest absolute Gasteiger partial charge is 0.255 e. The predicted octanol–water partition coefficient (Wildman–Crippen LogP) is 2.03. The molecule has 1 aliphatic rings. The van der Waals surface area contributed by atoms with E-state index in [-0.39, 0.29) is 5.91 Å². The fraction of sp³-hybridized carbons (Fsp3) is 0.167. The van der Waals surface area contributed by atoms with Crippen LogP contribution in [0.2, 0.25) is 0 Å². The Bertz CT molecular complexity index is 975. The van der Waals surface area contributed by atoms with Crippen LogP contribution in [-0.4, -0.2) is 32.0 Å². The van der Waals surface area contributed by atoms with Crippen LogP contribution in [0.25, 0.3) is 11.4 Å². The Hall–Kier alpha value is -3.55. The highest BCUT2D eigenvalue weighted by atomic mass is 16.2. The molecule has 26 heavy (non-hydrogen) atoms. The van der Waals surface area contributed by atoms with Gasteiger partial charge in [0, 0.05) is 22.4 Å². The molecular formula is C18H16N6O2. The largest absolute Gasteiger partial charge is 0.366 e. The highest BCUT2D eigenvalue weighted by Gasteiger charge is 2.28. The molecule has 2 aromatic carbocycles. The van der Waals surface area contributed by atoms with Crippen LogP contribution in [0.4, 0.5) is 5.69 Å². The molecule has 1 aliphatic carbocycles. The van der Waals surface area contributed by atoms with Crippen LogP contribution in [-0.2, 0) is 0 Å². The lowest BCUT2D eigenvalue weighted by atomic mass is 10.1. The number of tetrazole rings is 1. The number of nitrogens with two attached hydrogens (primary N) is 1. The molecule has 0 bridgehead atoms. The molecule has 8 nitrogen and oxygen atoms in total. The van der Waals surface area contributed by atoms with Crippen LogP contribution in [0.3, 0.4) is 0 Å². The first-order chi connectivity index (χ1) is 12.6. The molecule has 0 atom stereocenters. The molecule has 0 unspecified atom stereocenters. The third-order valence-electron chi connectivity index (χ3n) is 4.20. The average Bonchev–Trinajstić information content (AvgIpc) is 3.38. The number of benzene rings is 2. The molecule has 1 heterocycles. The van der Waals surface area contributed by atoms with E-state index in [1.807, 2.05) is 22.9 Å². The van der Waals surface area contributed by atoms with Crippen LogP contribution in [0.15, 0.2) is 48.5 Å². The molecule has 3 N–H and O–H groups in total. The van der Waals surface area contributed by atoms with Crippen LogP contribution in [0, 0.1) is 0 Å². The molecule has 0 saturated heterocycles. The van der Waals surface area contributed by atoms with E-state index in [2.05, 4.69) is 20.8 Å².